The Balaban J connectivity index is 0.000000246. The van der Waals surface area contributed by atoms with Crippen LogP contribution in [0, 0.1) is 0 Å². The maximum absolute atomic E-state index is 11.9. The van der Waals surface area contributed by atoms with E-state index in [-0.39, 0.29) is 5.78 Å². The van der Waals surface area contributed by atoms with Crippen LogP contribution < -0.4 is 0 Å². The zero-order valence-corrected chi connectivity index (χ0v) is 12.0. The third kappa shape index (κ3) is 4.65. The zero-order valence-electron chi connectivity index (χ0n) is 12.0. The number of aliphatic hydroxyl groups is 1. The summed E-state index contributed by atoms with van der Waals surface area (Å²) in [5, 5.41) is 9.89. The highest BCUT2D eigenvalue weighted by atomic mass is 16.3. The molecule has 3 aromatic rings. The summed E-state index contributed by atoms with van der Waals surface area (Å²) in [6.45, 7) is 0. The predicted molar refractivity (Wildman–Crippen MR) is 86.4 cm³/mol. The second kappa shape index (κ2) is 8.49. The van der Waals surface area contributed by atoms with Gasteiger partial charge in [-0.05, 0) is 17.7 Å². The van der Waals surface area contributed by atoms with E-state index in [1.165, 1.54) is 0 Å². The van der Waals surface area contributed by atoms with Crippen molar-refractivity contribution in [3.05, 3.63) is 102 Å². The van der Waals surface area contributed by atoms with E-state index in [4.69, 9.17) is 0 Å². The molecule has 1 aromatic heterocycles. The average Bonchev–Trinajstić information content (AvgIpc) is 2.64. The Kier molecular flexibility index (Phi) is 6.03. The van der Waals surface area contributed by atoms with E-state index in [2.05, 4.69) is 4.98 Å². The highest BCUT2D eigenvalue weighted by Crippen LogP contribution is 2.17. The van der Waals surface area contributed by atoms with Crippen LogP contribution in [0.4, 0.5) is 0 Å². The van der Waals surface area contributed by atoms with E-state index in [1.54, 1.807) is 60.9 Å². The number of hydrogen-bond donors (Lipinski definition) is 1. The van der Waals surface area contributed by atoms with Crippen molar-refractivity contribution in [3.8, 4) is 0 Å². The molecule has 3 rings (SSSR count). The van der Waals surface area contributed by atoms with Crippen molar-refractivity contribution in [1.29, 1.82) is 0 Å². The summed E-state index contributed by atoms with van der Waals surface area (Å²) in [6.07, 6.45) is 2.42. The Bertz CT molecular complexity index is 643. The molecule has 2 aromatic carbocycles. The molecule has 1 N–H and O–H groups in total. The second-order valence-electron chi connectivity index (χ2n) is 4.57. The minimum Gasteiger partial charge on any atom is -0.380 e. The van der Waals surface area contributed by atoms with Crippen LogP contribution in [0.15, 0.2) is 91.3 Å². The van der Waals surface area contributed by atoms with Gasteiger partial charge in [-0.3, -0.25) is 9.78 Å². The van der Waals surface area contributed by atoms with Crippen LogP contribution in [0.5, 0.6) is 0 Å². The fourth-order valence-electron chi connectivity index (χ4n) is 1.86. The first-order valence-electron chi connectivity index (χ1n) is 6.96. The number of benzene rings is 2. The van der Waals surface area contributed by atoms with Gasteiger partial charge in [0, 0.05) is 18.0 Å². The van der Waals surface area contributed by atoms with Crippen molar-refractivity contribution in [2.45, 2.75) is 6.10 Å². The number of nitrogens with zero attached hydrogens (tertiary/aromatic N) is 1. The molecule has 3 nitrogen and oxygen atoms in total. The van der Waals surface area contributed by atoms with Gasteiger partial charge in [0.2, 0.25) is 0 Å². The van der Waals surface area contributed by atoms with Crippen LogP contribution in [0.1, 0.15) is 22.0 Å². The van der Waals surface area contributed by atoms with E-state index in [0.717, 1.165) is 0 Å². The first-order valence-corrected chi connectivity index (χ1v) is 6.96. The number of pyridine rings is 1. The molecular weight excluding hydrogens is 274 g/mol. The van der Waals surface area contributed by atoms with Gasteiger partial charge in [0.1, 0.15) is 6.10 Å². The summed E-state index contributed by atoms with van der Waals surface area (Å²) in [6, 6.07) is 23.5. The lowest BCUT2D eigenvalue weighted by Gasteiger charge is -2.09. The van der Waals surface area contributed by atoms with E-state index in [0.29, 0.717) is 11.1 Å². The molecule has 0 spiro atoms. The number of ketones is 1. The summed E-state index contributed by atoms with van der Waals surface area (Å²) in [5.74, 6) is -0.271. The van der Waals surface area contributed by atoms with Crippen molar-refractivity contribution in [1.82, 2.24) is 4.98 Å². The van der Waals surface area contributed by atoms with Crippen molar-refractivity contribution < 1.29 is 9.90 Å². The molecule has 1 atom stereocenters. The normalized spacial score (nSPS) is 11.0. The standard InChI is InChI=1S/C14H12O2.C5H5N/c15-13(11-7-3-1-4-8-11)14(16)12-9-5-2-6-10-12;1-2-4-6-5-3-1/h1-10,13,15H;1-5H. The molecule has 0 aliphatic carbocycles. The molecule has 22 heavy (non-hydrogen) atoms. The third-order valence-electron chi connectivity index (χ3n) is 2.99. The highest BCUT2D eigenvalue weighted by molar-refractivity contribution is 5.99. The van der Waals surface area contributed by atoms with Crippen LogP contribution >= 0.6 is 0 Å². The summed E-state index contributed by atoms with van der Waals surface area (Å²) < 4.78 is 0. The lowest BCUT2D eigenvalue weighted by atomic mass is 10.0. The lowest BCUT2D eigenvalue weighted by molar-refractivity contribution is 0.0747. The Morgan fingerprint density at radius 1 is 0.773 bits per heavy atom. The smallest absolute Gasteiger partial charge is 0.195 e. The summed E-state index contributed by atoms with van der Waals surface area (Å²) in [7, 11) is 0. The highest BCUT2D eigenvalue weighted by Gasteiger charge is 2.18. The quantitative estimate of drug-likeness (QED) is 0.749. The van der Waals surface area contributed by atoms with Gasteiger partial charge in [0.25, 0.3) is 0 Å². The SMILES string of the molecule is O=C(c1ccccc1)C(O)c1ccccc1.c1ccncc1. The minimum absolute atomic E-state index is 0.271. The molecular formula is C19H17NO2. The second-order valence-corrected chi connectivity index (χ2v) is 4.57. The average molecular weight is 291 g/mol. The summed E-state index contributed by atoms with van der Waals surface area (Å²) in [4.78, 5) is 15.7. The number of aliphatic hydroxyl groups excluding tert-OH is 1. The molecule has 0 aliphatic heterocycles. The van der Waals surface area contributed by atoms with E-state index < -0.39 is 6.10 Å². The fourth-order valence-corrected chi connectivity index (χ4v) is 1.86. The number of aromatic nitrogens is 1. The molecule has 0 radical (unpaired) electrons. The Labute approximate surface area is 129 Å². The lowest BCUT2D eigenvalue weighted by Crippen LogP contribution is -2.11. The molecule has 0 fully saturated rings. The Morgan fingerprint density at radius 3 is 1.73 bits per heavy atom. The van der Waals surface area contributed by atoms with E-state index in [9.17, 15) is 9.90 Å². The molecule has 0 bridgehead atoms. The summed E-state index contributed by atoms with van der Waals surface area (Å²) >= 11 is 0. The zero-order chi connectivity index (χ0) is 15.6. The minimum atomic E-state index is -1.08. The van der Waals surface area contributed by atoms with Crippen molar-refractivity contribution in [2.24, 2.45) is 0 Å². The van der Waals surface area contributed by atoms with E-state index >= 15 is 0 Å². The molecule has 1 unspecified atom stereocenters. The molecule has 0 aliphatic rings. The van der Waals surface area contributed by atoms with Crippen LogP contribution in [0.3, 0.4) is 0 Å². The molecule has 110 valence electrons. The predicted octanol–water partition coefficient (Wildman–Crippen LogP) is 3.68. The van der Waals surface area contributed by atoms with Gasteiger partial charge in [-0.2, -0.15) is 0 Å². The van der Waals surface area contributed by atoms with Gasteiger partial charge >= 0.3 is 0 Å². The van der Waals surface area contributed by atoms with Crippen LogP contribution in [0.2, 0.25) is 0 Å². The largest absolute Gasteiger partial charge is 0.380 e. The molecule has 0 saturated carbocycles. The van der Waals surface area contributed by atoms with Crippen molar-refractivity contribution >= 4 is 5.78 Å². The maximum Gasteiger partial charge on any atom is 0.195 e. The molecule has 0 amide bonds. The molecule has 1 heterocycles. The fraction of sp³-hybridized carbons (Fsp3) is 0.0526. The number of carbonyl (C=O) groups is 1. The Hall–Kier alpha value is -2.78. The van der Waals surface area contributed by atoms with Crippen LogP contribution in [0.25, 0.3) is 0 Å². The number of hydrogen-bond acceptors (Lipinski definition) is 3. The van der Waals surface area contributed by atoms with Crippen molar-refractivity contribution in [3.63, 3.8) is 0 Å². The van der Waals surface area contributed by atoms with Gasteiger partial charge in [-0.1, -0.05) is 66.7 Å². The first-order chi connectivity index (χ1) is 10.8. The third-order valence-corrected chi connectivity index (χ3v) is 2.99. The number of Topliss-reactive ketones (excluding diaryl/α,β-unsaturated/α-hetero) is 1. The number of carbonyl (C=O) groups excluding carboxylic acids is 1. The van der Waals surface area contributed by atoms with E-state index in [1.807, 2.05) is 30.3 Å². The Morgan fingerprint density at radius 2 is 1.27 bits per heavy atom. The monoisotopic (exact) mass is 291 g/mol. The van der Waals surface area contributed by atoms with Crippen LogP contribution in [-0.4, -0.2) is 15.9 Å². The van der Waals surface area contributed by atoms with Gasteiger partial charge in [-0.15, -0.1) is 0 Å². The first kappa shape index (κ1) is 15.6. The van der Waals surface area contributed by atoms with Crippen molar-refractivity contribution in [2.75, 3.05) is 0 Å². The summed E-state index contributed by atoms with van der Waals surface area (Å²) in [5.41, 5.74) is 1.15. The molecule has 0 saturated heterocycles. The number of rotatable bonds is 3. The maximum atomic E-state index is 11.9. The van der Waals surface area contributed by atoms with Crippen LogP contribution in [-0.2, 0) is 0 Å². The van der Waals surface area contributed by atoms with Gasteiger partial charge in [0.15, 0.2) is 5.78 Å². The molecule has 3 heteroatoms. The van der Waals surface area contributed by atoms with Gasteiger partial charge < -0.3 is 5.11 Å². The van der Waals surface area contributed by atoms with Gasteiger partial charge in [0.05, 0.1) is 0 Å². The topological polar surface area (TPSA) is 50.2 Å². The van der Waals surface area contributed by atoms with Gasteiger partial charge in [-0.25, -0.2) is 0 Å².